The first-order valence-electron chi connectivity index (χ1n) is 3.82. The number of carbonyl (C=O) groups excluding carboxylic acids is 1. The summed E-state index contributed by atoms with van der Waals surface area (Å²) < 4.78 is 5.02. The lowest BCUT2D eigenvalue weighted by Crippen LogP contribution is -1.97. The van der Waals surface area contributed by atoms with Crippen molar-refractivity contribution in [3.63, 3.8) is 0 Å². The van der Waals surface area contributed by atoms with Gasteiger partial charge in [-0.2, -0.15) is 0 Å². The molecule has 0 unspecified atom stereocenters. The summed E-state index contributed by atoms with van der Waals surface area (Å²) in [5, 5.41) is 0. The van der Waals surface area contributed by atoms with Gasteiger partial charge in [0.2, 0.25) is 0 Å². The van der Waals surface area contributed by atoms with Gasteiger partial charge in [-0.3, -0.25) is 4.79 Å². The van der Waals surface area contributed by atoms with E-state index in [1.807, 2.05) is 6.07 Å². The van der Waals surface area contributed by atoms with Crippen LogP contribution < -0.4 is 4.74 Å². The van der Waals surface area contributed by atoms with Crippen LogP contribution in [-0.4, -0.2) is 12.9 Å². The average molecular weight is 174 g/mol. The zero-order chi connectivity index (χ0) is 9.68. The highest BCUT2D eigenvalue weighted by Gasteiger charge is 2.07. The zero-order valence-corrected chi connectivity index (χ0v) is 7.41. The van der Waals surface area contributed by atoms with Crippen LogP contribution in [0.2, 0.25) is 0 Å². The van der Waals surface area contributed by atoms with E-state index in [4.69, 9.17) is 4.74 Å². The first-order chi connectivity index (χ1) is 6.29. The van der Waals surface area contributed by atoms with Crippen LogP contribution in [0.25, 0.3) is 0 Å². The standard InChI is InChI=1S/C11H10O2/c1-3-6-10(12)9-7-4-5-8-11(9)13-2/h4-8H,1H2,2H3. The SMILES string of the molecule is C=C=CC(=O)c1ccccc1OC. The molecule has 0 aliphatic carbocycles. The highest BCUT2D eigenvalue weighted by atomic mass is 16.5. The number of ketones is 1. The fourth-order valence-corrected chi connectivity index (χ4v) is 1.02. The molecule has 0 aliphatic rings. The Morgan fingerprint density at radius 3 is 2.85 bits per heavy atom. The molecule has 2 nitrogen and oxygen atoms in total. The normalized spacial score (nSPS) is 8.69. The minimum atomic E-state index is -0.146. The quantitative estimate of drug-likeness (QED) is 0.399. The minimum absolute atomic E-state index is 0.146. The van der Waals surface area contributed by atoms with Crippen LogP contribution in [0.5, 0.6) is 5.75 Å². The number of rotatable bonds is 3. The summed E-state index contributed by atoms with van der Waals surface area (Å²) in [5.41, 5.74) is 2.97. The van der Waals surface area contributed by atoms with Gasteiger partial charge < -0.3 is 4.74 Å². The molecule has 0 spiro atoms. The molecular formula is C11H10O2. The Balaban J connectivity index is 3.12. The molecular weight excluding hydrogens is 164 g/mol. The minimum Gasteiger partial charge on any atom is -0.496 e. The number of methoxy groups -OCH3 is 1. The molecule has 1 aromatic rings. The lowest BCUT2D eigenvalue weighted by Gasteiger charge is -2.03. The van der Waals surface area contributed by atoms with Crippen molar-refractivity contribution in [1.82, 2.24) is 0 Å². The van der Waals surface area contributed by atoms with Crippen LogP contribution in [0.4, 0.5) is 0 Å². The van der Waals surface area contributed by atoms with Gasteiger partial charge in [-0.05, 0) is 12.1 Å². The third-order valence-corrected chi connectivity index (χ3v) is 1.61. The molecule has 0 amide bonds. The van der Waals surface area contributed by atoms with Gasteiger partial charge in [0.15, 0.2) is 5.78 Å². The number of hydrogen-bond acceptors (Lipinski definition) is 2. The molecule has 0 saturated heterocycles. The predicted molar refractivity (Wildman–Crippen MR) is 51.0 cm³/mol. The largest absolute Gasteiger partial charge is 0.496 e. The van der Waals surface area contributed by atoms with Crippen molar-refractivity contribution in [3.05, 3.63) is 48.2 Å². The van der Waals surface area contributed by atoms with Crippen molar-refractivity contribution in [2.45, 2.75) is 0 Å². The molecule has 0 N–H and O–H groups in total. The summed E-state index contributed by atoms with van der Waals surface area (Å²) in [5.74, 6) is 0.423. The lowest BCUT2D eigenvalue weighted by atomic mass is 10.1. The Morgan fingerprint density at radius 2 is 2.23 bits per heavy atom. The Labute approximate surface area is 77.2 Å². The van der Waals surface area contributed by atoms with Crippen LogP contribution in [0, 0.1) is 0 Å². The number of benzene rings is 1. The second kappa shape index (κ2) is 4.29. The summed E-state index contributed by atoms with van der Waals surface area (Å²) in [7, 11) is 1.53. The number of hydrogen-bond donors (Lipinski definition) is 0. The average Bonchev–Trinajstić information content (AvgIpc) is 2.18. The van der Waals surface area contributed by atoms with Crippen LogP contribution in [-0.2, 0) is 0 Å². The van der Waals surface area contributed by atoms with E-state index in [0.717, 1.165) is 0 Å². The molecule has 0 fully saturated rings. The maximum Gasteiger partial charge on any atom is 0.197 e. The van der Waals surface area contributed by atoms with Crippen molar-refractivity contribution >= 4 is 5.78 Å². The Bertz CT molecular complexity index is 360. The smallest absolute Gasteiger partial charge is 0.197 e. The summed E-state index contributed by atoms with van der Waals surface area (Å²) in [6.45, 7) is 3.34. The lowest BCUT2D eigenvalue weighted by molar-refractivity contribution is 0.104. The van der Waals surface area contributed by atoms with Crippen molar-refractivity contribution < 1.29 is 9.53 Å². The monoisotopic (exact) mass is 174 g/mol. The van der Waals surface area contributed by atoms with E-state index < -0.39 is 0 Å². The Morgan fingerprint density at radius 1 is 1.54 bits per heavy atom. The molecule has 13 heavy (non-hydrogen) atoms. The van der Waals surface area contributed by atoms with Gasteiger partial charge >= 0.3 is 0 Å². The van der Waals surface area contributed by atoms with Gasteiger partial charge in [-0.15, -0.1) is 5.73 Å². The van der Waals surface area contributed by atoms with Crippen LogP contribution in [0.1, 0.15) is 10.4 Å². The van der Waals surface area contributed by atoms with Crippen LogP contribution >= 0.6 is 0 Å². The molecule has 1 aromatic carbocycles. The van der Waals surface area contributed by atoms with E-state index >= 15 is 0 Å². The summed E-state index contributed by atoms with van der Waals surface area (Å²) in [4.78, 5) is 11.4. The molecule has 2 heteroatoms. The van der Waals surface area contributed by atoms with E-state index in [2.05, 4.69) is 12.3 Å². The van der Waals surface area contributed by atoms with Gasteiger partial charge in [-0.25, -0.2) is 0 Å². The second-order valence-electron chi connectivity index (χ2n) is 2.41. The molecule has 0 heterocycles. The van der Waals surface area contributed by atoms with Gasteiger partial charge in [-0.1, -0.05) is 18.7 Å². The number of ether oxygens (including phenoxy) is 1. The first-order valence-corrected chi connectivity index (χ1v) is 3.82. The molecule has 1 rings (SSSR count). The van der Waals surface area contributed by atoms with E-state index in [-0.39, 0.29) is 5.78 Å². The highest BCUT2D eigenvalue weighted by Crippen LogP contribution is 2.17. The van der Waals surface area contributed by atoms with Crippen LogP contribution in [0.15, 0.2) is 42.7 Å². The number of carbonyl (C=O) groups is 1. The molecule has 0 radical (unpaired) electrons. The van der Waals surface area contributed by atoms with Crippen molar-refractivity contribution in [2.75, 3.05) is 7.11 Å². The molecule has 66 valence electrons. The summed E-state index contributed by atoms with van der Waals surface area (Å²) in [6, 6.07) is 7.04. The molecule has 0 bridgehead atoms. The number of allylic oxidation sites excluding steroid dienone is 1. The van der Waals surface area contributed by atoms with Gasteiger partial charge in [0, 0.05) is 6.08 Å². The van der Waals surface area contributed by atoms with Gasteiger partial charge in [0.1, 0.15) is 5.75 Å². The molecule has 0 aliphatic heterocycles. The van der Waals surface area contributed by atoms with E-state index in [0.29, 0.717) is 11.3 Å². The van der Waals surface area contributed by atoms with Crippen molar-refractivity contribution in [1.29, 1.82) is 0 Å². The maximum atomic E-state index is 11.4. The Hall–Kier alpha value is -1.79. The summed E-state index contributed by atoms with van der Waals surface area (Å²) in [6.07, 6.45) is 1.29. The molecule has 0 atom stereocenters. The second-order valence-corrected chi connectivity index (χ2v) is 2.41. The van der Waals surface area contributed by atoms with E-state index in [1.54, 1.807) is 18.2 Å². The number of para-hydroxylation sites is 1. The van der Waals surface area contributed by atoms with Crippen molar-refractivity contribution in [2.24, 2.45) is 0 Å². The first kappa shape index (κ1) is 9.30. The van der Waals surface area contributed by atoms with E-state index in [9.17, 15) is 4.79 Å². The van der Waals surface area contributed by atoms with Crippen LogP contribution in [0.3, 0.4) is 0 Å². The Kier molecular flexibility index (Phi) is 3.07. The van der Waals surface area contributed by atoms with Gasteiger partial charge in [0.25, 0.3) is 0 Å². The van der Waals surface area contributed by atoms with Gasteiger partial charge in [0.05, 0.1) is 12.7 Å². The maximum absolute atomic E-state index is 11.4. The summed E-state index contributed by atoms with van der Waals surface area (Å²) >= 11 is 0. The topological polar surface area (TPSA) is 26.3 Å². The molecule has 0 saturated carbocycles. The third kappa shape index (κ3) is 2.08. The third-order valence-electron chi connectivity index (χ3n) is 1.61. The predicted octanol–water partition coefficient (Wildman–Crippen LogP) is 2.22. The molecule has 0 aromatic heterocycles. The highest BCUT2D eigenvalue weighted by molar-refractivity contribution is 6.06. The van der Waals surface area contributed by atoms with Crippen molar-refractivity contribution in [3.8, 4) is 5.75 Å². The zero-order valence-electron chi connectivity index (χ0n) is 7.41. The van der Waals surface area contributed by atoms with E-state index in [1.165, 1.54) is 13.2 Å². The fraction of sp³-hybridized carbons (Fsp3) is 0.0909. The fourth-order valence-electron chi connectivity index (χ4n) is 1.02.